The highest BCUT2D eigenvalue weighted by Crippen LogP contribution is 2.31. The zero-order chi connectivity index (χ0) is 17.7. The number of rotatable bonds is 6. The van der Waals surface area contributed by atoms with Crippen LogP contribution < -0.4 is 5.32 Å². The molecule has 1 aliphatic carbocycles. The van der Waals surface area contributed by atoms with Gasteiger partial charge < -0.3 is 15.0 Å². The molecule has 24 heavy (non-hydrogen) atoms. The Balaban J connectivity index is 1.76. The summed E-state index contributed by atoms with van der Waals surface area (Å²) in [7, 11) is 0. The van der Waals surface area contributed by atoms with Gasteiger partial charge in [-0.2, -0.15) is 0 Å². The molecule has 1 N–H and O–H groups in total. The van der Waals surface area contributed by atoms with Crippen LogP contribution in [0.5, 0.6) is 0 Å². The Kier molecular flexibility index (Phi) is 6.21. The van der Waals surface area contributed by atoms with Crippen LogP contribution in [0.15, 0.2) is 18.2 Å². The summed E-state index contributed by atoms with van der Waals surface area (Å²) < 4.78 is 18.7. The molecule has 1 aliphatic rings. The summed E-state index contributed by atoms with van der Waals surface area (Å²) in [4.78, 5) is 13.8. The fraction of sp³-hybridized carbons (Fsp3) is 0.632. The molecule has 1 amide bonds. The second-order valence-corrected chi connectivity index (χ2v) is 7.30. The van der Waals surface area contributed by atoms with Gasteiger partial charge in [0.25, 0.3) is 0 Å². The first-order valence-corrected chi connectivity index (χ1v) is 8.80. The van der Waals surface area contributed by atoms with E-state index < -0.39 is 5.60 Å². The highest BCUT2D eigenvalue weighted by Gasteiger charge is 2.23. The number of benzene rings is 1. The number of fused-ring (bicyclic) bond motifs is 1. The molecular formula is C19H29FN2O2. The van der Waals surface area contributed by atoms with Crippen LogP contribution in [-0.2, 0) is 11.2 Å². The molecule has 0 fully saturated rings. The summed E-state index contributed by atoms with van der Waals surface area (Å²) in [6.45, 7) is 9.71. The number of halogens is 1. The number of carbonyl (C=O) groups excluding carboxylic acids is 1. The molecule has 0 bridgehead atoms. The molecular weight excluding hydrogens is 307 g/mol. The summed E-state index contributed by atoms with van der Waals surface area (Å²) in [6.07, 6.45) is 2.53. The van der Waals surface area contributed by atoms with Crippen LogP contribution >= 0.6 is 0 Å². The number of amides is 1. The van der Waals surface area contributed by atoms with Gasteiger partial charge in [-0.15, -0.1) is 0 Å². The summed E-state index contributed by atoms with van der Waals surface area (Å²) in [5, 5.41) is 3.52. The number of hydrogen-bond donors (Lipinski definition) is 1. The molecule has 0 aliphatic heterocycles. The van der Waals surface area contributed by atoms with Crippen molar-refractivity contribution < 1.29 is 13.9 Å². The Morgan fingerprint density at radius 3 is 2.83 bits per heavy atom. The predicted octanol–water partition coefficient (Wildman–Crippen LogP) is 4.05. The minimum absolute atomic E-state index is 0.162. The molecule has 1 atom stereocenters. The lowest BCUT2D eigenvalue weighted by Gasteiger charge is -2.26. The van der Waals surface area contributed by atoms with Gasteiger partial charge >= 0.3 is 6.09 Å². The van der Waals surface area contributed by atoms with Crippen LogP contribution in [0, 0.1) is 5.82 Å². The summed E-state index contributed by atoms with van der Waals surface area (Å²) in [5.41, 5.74) is 1.85. The molecule has 0 spiro atoms. The highest BCUT2D eigenvalue weighted by molar-refractivity contribution is 5.68. The van der Waals surface area contributed by atoms with Crippen molar-refractivity contribution in [2.45, 2.75) is 58.6 Å². The molecule has 1 unspecified atom stereocenters. The fourth-order valence-corrected chi connectivity index (χ4v) is 3.05. The van der Waals surface area contributed by atoms with Crippen LogP contribution in [0.1, 0.15) is 57.7 Å². The van der Waals surface area contributed by atoms with E-state index in [1.165, 1.54) is 11.6 Å². The topological polar surface area (TPSA) is 41.6 Å². The molecule has 0 saturated heterocycles. The van der Waals surface area contributed by atoms with Crippen molar-refractivity contribution in [3.63, 3.8) is 0 Å². The molecule has 2 rings (SSSR count). The number of hydrogen-bond acceptors (Lipinski definition) is 3. The molecule has 0 saturated carbocycles. The van der Waals surface area contributed by atoms with Crippen molar-refractivity contribution in [2.75, 3.05) is 19.6 Å². The summed E-state index contributed by atoms with van der Waals surface area (Å²) in [6, 6.07) is 5.34. The first-order chi connectivity index (χ1) is 11.3. The van der Waals surface area contributed by atoms with Gasteiger partial charge in [-0.3, -0.25) is 0 Å². The van der Waals surface area contributed by atoms with Gasteiger partial charge in [-0.05, 0) is 76.8 Å². The van der Waals surface area contributed by atoms with Crippen molar-refractivity contribution in [2.24, 2.45) is 0 Å². The molecule has 4 nitrogen and oxygen atoms in total. The van der Waals surface area contributed by atoms with Crippen molar-refractivity contribution in [3.8, 4) is 0 Å². The van der Waals surface area contributed by atoms with E-state index in [9.17, 15) is 9.18 Å². The SMILES string of the molecule is CCN(CCCNC1CCc2cc(F)ccc21)C(=O)OC(C)(C)C. The Bertz CT molecular complexity index is 569. The average molecular weight is 336 g/mol. The van der Waals surface area contributed by atoms with Gasteiger partial charge in [0.1, 0.15) is 11.4 Å². The standard InChI is InChI=1S/C19H29FN2O2/c1-5-22(18(23)24-19(2,3)4)12-6-11-21-17-10-7-14-13-15(20)8-9-16(14)17/h8-9,13,17,21H,5-7,10-12H2,1-4H3. The first kappa shape index (κ1) is 18.7. The third kappa shape index (κ3) is 5.20. The Morgan fingerprint density at radius 2 is 2.17 bits per heavy atom. The van der Waals surface area contributed by atoms with E-state index in [0.29, 0.717) is 13.1 Å². The zero-order valence-electron chi connectivity index (χ0n) is 15.2. The number of ether oxygens (including phenoxy) is 1. The molecule has 1 aromatic carbocycles. The van der Waals surface area contributed by atoms with Gasteiger partial charge in [-0.25, -0.2) is 9.18 Å². The average Bonchev–Trinajstić information content (AvgIpc) is 2.87. The Morgan fingerprint density at radius 1 is 1.42 bits per heavy atom. The van der Waals surface area contributed by atoms with E-state index in [1.807, 2.05) is 33.8 Å². The smallest absolute Gasteiger partial charge is 0.410 e. The lowest BCUT2D eigenvalue weighted by molar-refractivity contribution is 0.0258. The van der Waals surface area contributed by atoms with Crippen LogP contribution in [0.4, 0.5) is 9.18 Å². The van der Waals surface area contributed by atoms with Gasteiger partial charge in [0, 0.05) is 19.1 Å². The van der Waals surface area contributed by atoms with E-state index in [2.05, 4.69) is 5.32 Å². The van der Waals surface area contributed by atoms with E-state index in [1.54, 1.807) is 11.0 Å². The number of carbonyl (C=O) groups is 1. The quantitative estimate of drug-likeness (QED) is 0.797. The van der Waals surface area contributed by atoms with Crippen molar-refractivity contribution in [3.05, 3.63) is 35.1 Å². The molecule has 5 heteroatoms. The van der Waals surface area contributed by atoms with Gasteiger partial charge in [0.15, 0.2) is 0 Å². The Hall–Kier alpha value is -1.62. The Labute approximate surface area is 144 Å². The summed E-state index contributed by atoms with van der Waals surface area (Å²) >= 11 is 0. The van der Waals surface area contributed by atoms with Gasteiger partial charge in [0.2, 0.25) is 0 Å². The maximum absolute atomic E-state index is 13.2. The molecule has 1 aromatic rings. The van der Waals surface area contributed by atoms with Crippen LogP contribution in [0.3, 0.4) is 0 Å². The van der Waals surface area contributed by atoms with E-state index in [0.717, 1.165) is 31.4 Å². The molecule has 0 radical (unpaired) electrons. The highest BCUT2D eigenvalue weighted by atomic mass is 19.1. The fourth-order valence-electron chi connectivity index (χ4n) is 3.05. The predicted molar refractivity (Wildman–Crippen MR) is 93.6 cm³/mol. The number of nitrogens with one attached hydrogen (secondary N) is 1. The van der Waals surface area contributed by atoms with Crippen LogP contribution in [0.25, 0.3) is 0 Å². The zero-order valence-corrected chi connectivity index (χ0v) is 15.2. The van der Waals surface area contributed by atoms with Crippen LogP contribution in [0.2, 0.25) is 0 Å². The largest absolute Gasteiger partial charge is 0.444 e. The number of nitrogens with zero attached hydrogens (tertiary/aromatic N) is 1. The third-order valence-electron chi connectivity index (χ3n) is 4.21. The molecule has 134 valence electrons. The lowest BCUT2D eigenvalue weighted by atomic mass is 10.1. The monoisotopic (exact) mass is 336 g/mol. The van der Waals surface area contributed by atoms with Crippen molar-refractivity contribution in [1.29, 1.82) is 0 Å². The lowest BCUT2D eigenvalue weighted by Crippen LogP contribution is -2.38. The minimum Gasteiger partial charge on any atom is -0.444 e. The van der Waals surface area contributed by atoms with Crippen LogP contribution in [-0.4, -0.2) is 36.2 Å². The second kappa shape index (κ2) is 7.97. The van der Waals surface area contributed by atoms with Gasteiger partial charge in [0.05, 0.1) is 0 Å². The maximum Gasteiger partial charge on any atom is 0.410 e. The second-order valence-electron chi connectivity index (χ2n) is 7.30. The minimum atomic E-state index is -0.467. The summed E-state index contributed by atoms with van der Waals surface area (Å²) in [5.74, 6) is -0.162. The normalized spacial score (nSPS) is 16.8. The maximum atomic E-state index is 13.2. The van der Waals surface area contributed by atoms with Gasteiger partial charge in [-0.1, -0.05) is 6.07 Å². The van der Waals surface area contributed by atoms with E-state index in [4.69, 9.17) is 4.74 Å². The van der Waals surface area contributed by atoms with Crippen molar-refractivity contribution >= 4 is 6.09 Å². The van der Waals surface area contributed by atoms with E-state index >= 15 is 0 Å². The third-order valence-corrected chi connectivity index (χ3v) is 4.21. The molecule has 0 aromatic heterocycles. The first-order valence-electron chi connectivity index (χ1n) is 8.80. The van der Waals surface area contributed by atoms with Crippen molar-refractivity contribution in [1.82, 2.24) is 10.2 Å². The molecule has 0 heterocycles. The van der Waals surface area contributed by atoms with E-state index in [-0.39, 0.29) is 18.0 Å². The number of aryl methyl sites for hydroxylation is 1.